The third-order valence-electron chi connectivity index (χ3n) is 3.52. The molecule has 1 aromatic carbocycles. The molecule has 0 N–H and O–H groups in total. The van der Waals surface area contributed by atoms with Crippen molar-refractivity contribution in [1.29, 1.82) is 0 Å². The number of benzene rings is 1. The molecule has 0 spiro atoms. The first-order valence-corrected chi connectivity index (χ1v) is 7.11. The molecular formula is C15H16BrClO. The van der Waals surface area contributed by atoms with Crippen molar-refractivity contribution < 1.29 is 4.42 Å². The van der Waals surface area contributed by atoms with Crippen LogP contribution in [0.4, 0.5) is 0 Å². The zero-order valence-corrected chi connectivity index (χ0v) is 13.3. The predicted molar refractivity (Wildman–Crippen MR) is 79.5 cm³/mol. The highest BCUT2D eigenvalue weighted by molar-refractivity contribution is 9.10. The molecule has 1 heterocycles. The highest BCUT2D eigenvalue weighted by Crippen LogP contribution is 2.37. The molecule has 0 aliphatic rings. The molecule has 1 atom stereocenters. The number of furan rings is 1. The Kier molecular flexibility index (Phi) is 3.88. The lowest BCUT2D eigenvalue weighted by molar-refractivity contribution is 0.493. The summed E-state index contributed by atoms with van der Waals surface area (Å²) < 4.78 is 6.29. The molecule has 0 aliphatic heterocycles. The van der Waals surface area contributed by atoms with E-state index in [-0.39, 0.29) is 5.38 Å². The van der Waals surface area contributed by atoms with Crippen LogP contribution in [-0.2, 0) is 0 Å². The average Bonchev–Trinajstić information content (AvgIpc) is 2.73. The van der Waals surface area contributed by atoms with Crippen molar-refractivity contribution in [3.8, 4) is 0 Å². The first-order chi connectivity index (χ1) is 8.41. The lowest BCUT2D eigenvalue weighted by Gasteiger charge is -2.18. The van der Waals surface area contributed by atoms with Crippen molar-refractivity contribution in [2.75, 3.05) is 0 Å². The van der Waals surface area contributed by atoms with E-state index >= 15 is 0 Å². The van der Waals surface area contributed by atoms with Gasteiger partial charge >= 0.3 is 0 Å². The van der Waals surface area contributed by atoms with Crippen LogP contribution < -0.4 is 0 Å². The van der Waals surface area contributed by atoms with Crippen molar-refractivity contribution in [3.63, 3.8) is 0 Å². The number of aryl methyl sites for hydroxylation is 2. The van der Waals surface area contributed by atoms with Crippen LogP contribution in [0.1, 0.15) is 39.0 Å². The van der Waals surface area contributed by atoms with Gasteiger partial charge in [0.15, 0.2) is 4.67 Å². The minimum absolute atomic E-state index is 0.241. The maximum Gasteiger partial charge on any atom is 0.169 e. The van der Waals surface area contributed by atoms with Gasteiger partial charge in [-0.2, -0.15) is 0 Å². The lowest BCUT2D eigenvalue weighted by atomic mass is 9.91. The Labute approximate surface area is 121 Å². The molecule has 0 bridgehead atoms. The molecule has 0 saturated carbocycles. The van der Waals surface area contributed by atoms with Crippen LogP contribution in [-0.4, -0.2) is 0 Å². The van der Waals surface area contributed by atoms with Crippen molar-refractivity contribution in [3.05, 3.63) is 56.4 Å². The first-order valence-electron chi connectivity index (χ1n) is 5.88. The third kappa shape index (κ3) is 2.36. The fourth-order valence-corrected chi connectivity index (χ4v) is 3.00. The highest BCUT2D eigenvalue weighted by Gasteiger charge is 2.20. The highest BCUT2D eigenvalue weighted by atomic mass is 79.9. The molecule has 0 amide bonds. The summed E-state index contributed by atoms with van der Waals surface area (Å²) >= 11 is 9.90. The van der Waals surface area contributed by atoms with Gasteiger partial charge in [0.05, 0.1) is 0 Å². The monoisotopic (exact) mass is 326 g/mol. The van der Waals surface area contributed by atoms with Crippen LogP contribution in [0.5, 0.6) is 0 Å². The number of rotatable bonds is 2. The quantitative estimate of drug-likeness (QED) is 0.654. The maximum atomic E-state index is 6.58. The summed E-state index contributed by atoms with van der Waals surface area (Å²) in [6, 6.07) is 5.99. The van der Waals surface area contributed by atoms with Crippen molar-refractivity contribution in [2.24, 2.45) is 0 Å². The molecule has 96 valence electrons. The zero-order valence-electron chi connectivity index (χ0n) is 11.0. The normalized spacial score (nSPS) is 12.8. The molecule has 1 unspecified atom stereocenters. The maximum absolute atomic E-state index is 6.58. The number of alkyl halides is 1. The fourth-order valence-electron chi connectivity index (χ4n) is 2.23. The Morgan fingerprint density at radius 2 is 1.61 bits per heavy atom. The summed E-state index contributed by atoms with van der Waals surface area (Å²) in [5, 5.41) is -0.241. The Bertz CT molecular complexity index is 560. The Balaban J connectivity index is 2.57. The van der Waals surface area contributed by atoms with E-state index in [0.29, 0.717) is 4.67 Å². The average molecular weight is 328 g/mol. The summed E-state index contributed by atoms with van der Waals surface area (Å²) in [4.78, 5) is 0. The molecule has 1 aromatic heterocycles. The minimum atomic E-state index is -0.241. The summed E-state index contributed by atoms with van der Waals surface area (Å²) in [6.45, 7) is 8.47. The van der Waals surface area contributed by atoms with Gasteiger partial charge in [-0.1, -0.05) is 6.07 Å². The SMILES string of the molecule is Cc1cc(C)c(C)c(C(Cl)c2ccc(Br)o2)c1C. The van der Waals surface area contributed by atoms with Crippen molar-refractivity contribution in [2.45, 2.75) is 33.1 Å². The minimum Gasteiger partial charge on any atom is -0.452 e. The Morgan fingerprint density at radius 1 is 1.06 bits per heavy atom. The molecule has 0 aliphatic carbocycles. The van der Waals surface area contributed by atoms with E-state index in [1.165, 1.54) is 22.3 Å². The molecular weight excluding hydrogens is 312 g/mol. The molecule has 18 heavy (non-hydrogen) atoms. The Morgan fingerprint density at radius 3 is 2.06 bits per heavy atom. The molecule has 2 aromatic rings. The smallest absolute Gasteiger partial charge is 0.169 e. The van der Waals surface area contributed by atoms with Crippen LogP contribution in [0.2, 0.25) is 0 Å². The van der Waals surface area contributed by atoms with E-state index in [1.54, 1.807) is 0 Å². The van der Waals surface area contributed by atoms with E-state index in [9.17, 15) is 0 Å². The van der Waals surface area contributed by atoms with Crippen molar-refractivity contribution >= 4 is 27.5 Å². The van der Waals surface area contributed by atoms with Crippen LogP contribution >= 0.6 is 27.5 Å². The molecule has 0 saturated heterocycles. The third-order valence-corrected chi connectivity index (χ3v) is 4.38. The van der Waals surface area contributed by atoms with Gasteiger partial charge in [-0.05, 0) is 83.6 Å². The largest absolute Gasteiger partial charge is 0.452 e. The second kappa shape index (κ2) is 5.10. The van der Waals surface area contributed by atoms with Gasteiger partial charge in [0, 0.05) is 0 Å². The van der Waals surface area contributed by atoms with E-state index in [0.717, 1.165) is 11.3 Å². The van der Waals surface area contributed by atoms with E-state index in [2.05, 4.69) is 49.7 Å². The summed E-state index contributed by atoms with van der Waals surface area (Å²) in [7, 11) is 0. The van der Waals surface area contributed by atoms with Gasteiger partial charge in [-0.3, -0.25) is 0 Å². The predicted octanol–water partition coefficient (Wildman–Crippen LogP) is 5.60. The van der Waals surface area contributed by atoms with Gasteiger partial charge in [0.25, 0.3) is 0 Å². The summed E-state index contributed by atoms with van der Waals surface area (Å²) in [5.41, 5.74) is 6.18. The van der Waals surface area contributed by atoms with Crippen LogP contribution in [0, 0.1) is 27.7 Å². The molecule has 1 nitrogen and oxygen atoms in total. The molecule has 0 fully saturated rings. The van der Waals surface area contributed by atoms with Gasteiger partial charge in [-0.15, -0.1) is 11.6 Å². The first kappa shape index (κ1) is 13.7. The van der Waals surface area contributed by atoms with Gasteiger partial charge < -0.3 is 4.42 Å². The van der Waals surface area contributed by atoms with Gasteiger partial charge in [0.1, 0.15) is 11.1 Å². The van der Waals surface area contributed by atoms with Gasteiger partial charge in [0.2, 0.25) is 0 Å². The number of hydrogen-bond acceptors (Lipinski definition) is 1. The second-order valence-electron chi connectivity index (χ2n) is 4.68. The number of halogens is 2. The molecule has 2 rings (SSSR count). The lowest BCUT2D eigenvalue weighted by Crippen LogP contribution is -2.02. The molecule has 0 radical (unpaired) electrons. The Hall–Kier alpha value is -0.730. The van der Waals surface area contributed by atoms with Crippen LogP contribution in [0.15, 0.2) is 27.3 Å². The van der Waals surface area contributed by atoms with Crippen LogP contribution in [0.25, 0.3) is 0 Å². The number of hydrogen-bond donors (Lipinski definition) is 0. The molecule has 3 heteroatoms. The summed E-state index contributed by atoms with van der Waals surface area (Å²) in [6.07, 6.45) is 0. The van der Waals surface area contributed by atoms with E-state index < -0.39 is 0 Å². The van der Waals surface area contributed by atoms with Gasteiger partial charge in [-0.25, -0.2) is 0 Å². The topological polar surface area (TPSA) is 13.1 Å². The second-order valence-corrected chi connectivity index (χ2v) is 5.90. The van der Waals surface area contributed by atoms with E-state index in [4.69, 9.17) is 16.0 Å². The zero-order chi connectivity index (χ0) is 13.4. The standard InChI is InChI=1S/C15H16BrClO/c1-8-7-9(2)11(4)14(10(8)3)15(17)12-5-6-13(16)18-12/h5-7,15H,1-4H3. The van der Waals surface area contributed by atoms with Crippen molar-refractivity contribution in [1.82, 2.24) is 0 Å². The van der Waals surface area contributed by atoms with Crippen LogP contribution in [0.3, 0.4) is 0 Å². The fraction of sp³-hybridized carbons (Fsp3) is 0.333. The summed E-state index contributed by atoms with van der Waals surface area (Å²) in [5.74, 6) is 0.778. The van der Waals surface area contributed by atoms with E-state index in [1.807, 2.05) is 12.1 Å².